The van der Waals surface area contributed by atoms with Crippen molar-refractivity contribution >= 4 is 23.2 Å². The zero-order chi connectivity index (χ0) is 13.7. The topological polar surface area (TPSA) is 61.4 Å². The van der Waals surface area contributed by atoms with Crippen LogP contribution in [0.5, 0.6) is 0 Å². The summed E-state index contributed by atoms with van der Waals surface area (Å²) in [5.74, 6) is -0.914. The molecule has 1 atom stereocenters. The highest BCUT2D eigenvalue weighted by Crippen LogP contribution is 2.08. The maximum absolute atomic E-state index is 11.9. The van der Waals surface area contributed by atoms with Crippen LogP contribution in [0.1, 0.15) is 12.5 Å². The van der Waals surface area contributed by atoms with E-state index >= 15 is 0 Å². The molecule has 19 heavy (non-hydrogen) atoms. The quantitative estimate of drug-likeness (QED) is 0.780. The Hall–Kier alpha value is -1.40. The van der Waals surface area contributed by atoms with Crippen molar-refractivity contribution in [1.82, 2.24) is 15.5 Å². The van der Waals surface area contributed by atoms with Crippen molar-refractivity contribution in [3.63, 3.8) is 0 Å². The van der Waals surface area contributed by atoms with Gasteiger partial charge in [0.05, 0.1) is 0 Å². The van der Waals surface area contributed by atoms with Crippen molar-refractivity contribution in [3.8, 4) is 0 Å². The van der Waals surface area contributed by atoms with Gasteiger partial charge in [-0.15, -0.1) is 0 Å². The Morgan fingerprint density at radius 2 is 2.21 bits per heavy atom. The molecule has 2 amide bonds. The molecule has 1 unspecified atom stereocenters. The molecule has 2 N–H and O–H groups in total. The Kier molecular flexibility index (Phi) is 4.93. The normalized spacial score (nSPS) is 17.0. The first kappa shape index (κ1) is 14.0. The monoisotopic (exact) mass is 281 g/mol. The number of nitrogens with zero attached hydrogens (tertiary/aromatic N) is 1. The van der Waals surface area contributed by atoms with Gasteiger partial charge in [0.25, 0.3) is 0 Å². The number of hydrogen-bond donors (Lipinski definition) is 2. The molecule has 5 nitrogen and oxygen atoms in total. The molecular formula is C13H19N3O2S. The molecule has 104 valence electrons. The lowest BCUT2D eigenvalue weighted by Gasteiger charge is -2.27. The van der Waals surface area contributed by atoms with Gasteiger partial charge in [0, 0.05) is 32.2 Å². The first-order valence-corrected chi connectivity index (χ1v) is 7.42. The van der Waals surface area contributed by atoms with Crippen molar-refractivity contribution in [2.45, 2.75) is 19.4 Å². The zero-order valence-electron chi connectivity index (χ0n) is 11.0. The van der Waals surface area contributed by atoms with E-state index in [2.05, 4.69) is 16.0 Å². The summed E-state index contributed by atoms with van der Waals surface area (Å²) < 4.78 is 0. The first-order valence-electron chi connectivity index (χ1n) is 6.48. The SMILES string of the molecule is CC(Cc1ccsc1)NC(=O)C(=O)N1CCNCC1. The van der Waals surface area contributed by atoms with E-state index in [9.17, 15) is 9.59 Å². The third-order valence-electron chi connectivity index (χ3n) is 3.10. The molecule has 0 radical (unpaired) electrons. The van der Waals surface area contributed by atoms with Gasteiger partial charge in [0.1, 0.15) is 0 Å². The Balaban J connectivity index is 1.80. The average molecular weight is 281 g/mol. The molecule has 6 heteroatoms. The Morgan fingerprint density at radius 3 is 2.84 bits per heavy atom. The van der Waals surface area contributed by atoms with Crippen molar-refractivity contribution in [1.29, 1.82) is 0 Å². The lowest BCUT2D eigenvalue weighted by Crippen LogP contribution is -2.52. The van der Waals surface area contributed by atoms with Gasteiger partial charge in [-0.1, -0.05) is 0 Å². The lowest BCUT2D eigenvalue weighted by molar-refractivity contribution is -0.146. The Labute approximate surface area is 117 Å². The molecule has 2 heterocycles. The third kappa shape index (κ3) is 4.04. The van der Waals surface area contributed by atoms with Crippen LogP contribution in [0.25, 0.3) is 0 Å². The van der Waals surface area contributed by atoms with E-state index in [0.29, 0.717) is 13.1 Å². The predicted octanol–water partition coefficient (Wildman–Crippen LogP) is 0.227. The van der Waals surface area contributed by atoms with E-state index in [1.807, 2.05) is 18.4 Å². The Bertz CT molecular complexity index is 427. The minimum Gasteiger partial charge on any atom is -0.345 e. The molecule has 1 aromatic heterocycles. The summed E-state index contributed by atoms with van der Waals surface area (Å²) in [7, 11) is 0. The number of carbonyl (C=O) groups is 2. The Morgan fingerprint density at radius 1 is 1.47 bits per heavy atom. The second-order valence-electron chi connectivity index (χ2n) is 4.75. The van der Waals surface area contributed by atoms with Crippen molar-refractivity contribution in [2.75, 3.05) is 26.2 Å². The molecule has 0 aromatic carbocycles. The van der Waals surface area contributed by atoms with Crippen LogP contribution in [0.3, 0.4) is 0 Å². The van der Waals surface area contributed by atoms with Gasteiger partial charge in [0.15, 0.2) is 0 Å². The molecule has 1 aromatic rings. The van der Waals surface area contributed by atoms with Gasteiger partial charge >= 0.3 is 11.8 Å². The molecule has 0 saturated carbocycles. The van der Waals surface area contributed by atoms with Crippen LogP contribution >= 0.6 is 11.3 Å². The van der Waals surface area contributed by atoms with Crippen LogP contribution in [0, 0.1) is 0 Å². The standard InChI is InChI=1S/C13H19N3O2S/c1-10(8-11-2-7-19-9-11)15-12(17)13(18)16-5-3-14-4-6-16/h2,7,9-10,14H,3-6,8H2,1H3,(H,15,17). The largest absolute Gasteiger partial charge is 0.345 e. The number of hydrogen-bond acceptors (Lipinski definition) is 4. The predicted molar refractivity (Wildman–Crippen MR) is 75.1 cm³/mol. The molecule has 1 saturated heterocycles. The van der Waals surface area contributed by atoms with Crippen molar-refractivity contribution in [3.05, 3.63) is 22.4 Å². The molecule has 2 rings (SSSR count). The minimum absolute atomic E-state index is 0.0334. The number of amides is 2. The summed E-state index contributed by atoms with van der Waals surface area (Å²) in [6, 6.07) is 2.00. The van der Waals surface area contributed by atoms with E-state index in [1.54, 1.807) is 16.2 Å². The van der Waals surface area contributed by atoms with Gasteiger partial charge in [-0.25, -0.2) is 0 Å². The van der Waals surface area contributed by atoms with Crippen LogP contribution in [-0.2, 0) is 16.0 Å². The number of thiophene rings is 1. The third-order valence-corrected chi connectivity index (χ3v) is 3.83. The van der Waals surface area contributed by atoms with Crippen LogP contribution in [0.15, 0.2) is 16.8 Å². The van der Waals surface area contributed by atoms with Gasteiger partial charge in [-0.05, 0) is 35.7 Å². The van der Waals surface area contributed by atoms with E-state index in [0.717, 1.165) is 19.5 Å². The molecular weight excluding hydrogens is 262 g/mol. The summed E-state index contributed by atoms with van der Waals surface area (Å²) in [6.07, 6.45) is 0.754. The van der Waals surface area contributed by atoms with Crippen LogP contribution in [-0.4, -0.2) is 48.9 Å². The smallest absolute Gasteiger partial charge is 0.311 e. The maximum atomic E-state index is 11.9. The van der Waals surface area contributed by atoms with Gasteiger partial charge < -0.3 is 15.5 Å². The summed E-state index contributed by atoms with van der Waals surface area (Å²) in [5, 5.41) is 9.99. The fraction of sp³-hybridized carbons (Fsp3) is 0.538. The number of rotatable bonds is 3. The summed E-state index contributed by atoms with van der Waals surface area (Å²) in [6.45, 7) is 4.63. The number of carbonyl (C=O) groups excluding carboxylic acids is 2. The molecule has 0 aliphatic carbocycles. The number of piperazine rings is 1. The van der Waals surface area contributed by atoms with Crippen LogP contribution < -0.4 is 10.6 Å². The van der Waals surface area contributed by atoms with Gasteiger partial charge in [0.2, 0.25) is 0 Å². The molecule has 1 fully saturated rings. The molecule has 0 bridgehead atoms. The summed E-state index contributed by atoms with van der Waals surface area (Å²) >= 11 is 1.63. The summed E-state index contributed by atoms with van der Waals surface area (Å²) in [5.41, 5.74) is 1.19. The molecule has 0 spiro atoms. The average Bonchev–Trinajstić information content (AvgIpc) is 2.91. The highest BCUT2D eigenvalue weighted by Gasteiger charge is 2.24. The van der Waals surface area contributed by atoms with Crippen LogP contribution in [0.4, 0.5) is 0 Å². The summed E-state index contributed by atoms with van der Waals surface area (Å²) in [4.78, 5) is 25.4. The van der Waals surface area contributed by atoms with Crippen molar-refractivity contribution in [2.24, 2.45) is 0 Å². The van der Waals surface area contributed by atoms with Crippen LogP contribution in [0.2, 0.25) is 0 Å². The van der Waals surface area contributed by atoms with E-state index in [4.69, 9.17) is 0 Å². The molecule has 1 aliphatic heterocycles. The molecule has 1 aliphatic rings. The highest BCUT2D eigenvalue weighted by atomic mass is 32.1. The number of nitrogens with one attached hydrogen (secondary N) is 2. The highest BCUT2D eigenvalue weighted by molar-refractivity contribution is 7.07. The maximum Gasteiger partial charge on any atom is 0.311 e. The zero-order valence-corrected chi connectivity index (χ0v) is 11.8. The minimum atomic E-state index is -0.496. The second-order valence-corrected chi connectivity index (χ2v) is 5.53. The van der Waals surface area contributed by atoms with E-state index < -0.39 is 11.8 Å². The van der Waals surface area contributed by atoms with E-state index in [1.165, 1.54) is 5.56 Å². The second kappa shape index (κ2) is 6.68. The van der Waals surface area contributed by atoms with Gasteiger partial charge in [-0.3, -0.25) is 9.59 Å². The fourth-order valence-electron chi connectivity index (χ4n) is 2.11. The first-order chi connectivity index (χ1) is 9.16. The lowest BCUT2D eigenvalue weighted by atomic mass is 10.1. The van der Waals surface area contributed by atoms with Crippen molar-refractivity contribution < 1.29 is 9.59 Å². The fourth-order valence-corrected chi connectivity index (χ4v) is 2.79. The van der Waals surface area contributed by atoms with Gasteiger partial charge in [-0.2, -0.15) is 11.3 Å². The van der Waals surface area contributed by atoms with E-state index in [-0.39, 0.29) is 6.04 Å².